The summed E-state index contributed by atoms with van der Waals surface area (Å²) in [6.07, 6.45) is 1.06. The molecule has 2 rings (SSSR count). The lowest BCUT2D eigenvalue weighted by Gasteiger charge is -2.15. The number of aromatic nitrogens is 1. The van der Waals surface area contributed by atoms with E-state index in [4.69, 9.17) is 4.74 Å². The molecule has 128 valence electrons. The molecule has 0 aliphatic carbocycles. The number of carbonyl (C=O) groups is 1. The van der Waals surface area contributed by atoms with Crippen molar-refractivity contribution in [1.82, 2.24) is 15.2 Å². The maximum atomic E-state index is 12.2. The Morgan fingerprint density at radius 1 is 1.48 bits per heavy atom. The summed E-state index contributed by atoms with van der Waals surface area (Å²) in [5.41, 5.74) is 0.710. The van der Waals surface area contributed by atoms with Gasteiger partial charge in [-0.1, -0.05) is 13.8 Å². The highest BCUT2D eigenvalue weighted by atomic mass is 16.5. The fourth-order valence-electron chi connectivity index (χ4n) is 2.84. The van der Waals surface area contributed by atoms with Crippen LogP contribution in [0.3, 0.4) is 0 Å². The van der Waals surface area contributed by atoms with E-state index in [1.54, 1.807) is 13.2 Å². The normalized spacial score (nSPS) is 18.5. The molecule has 0 bridgehead atoms. The summed E-state index contributed by atoms with van der Waals surface area (Å²) in [7, 11) is 1.70. The minimum atomic E-state index is -0.318. The average molecular weight is 321 g/mol. The first-order chi connectivity index (χ1) is 11.0. The zero-order chi connectivity index (χ0) is 16.8. The Balaban J connectivity index is 1.85. The number of nitrogens with zero attached hydrogens (tertiary/aromatic N) is 1. The van der Waals surface area contributed by atoms with E-state index < -0.39 is 0 Å². The number of rotatable bonds is 7. The molecule has 2 N–H and O–H groups in total. The van der Waals surface area contributed by atoms with Crippen molar-refractivity contribution < 1.29 is 9.53 Å². The molecule has 1 amide bonds. The average Bonchev–Trinajstić information content (AvgIpc) is 2.98. The quantitative estimate of drug-likeness (QED) is 0.791. The molecule has 0 saturated carbocycles. The Kier molecular flexibility index (Phi) is 6.36. The number of likely N-dealkylation sites (tertiary alicyclic amines) is 1. The largest absolute Gasteiger partial charge is 0.383 e. The second-order valence-corrected chi connectivity index (χ2v) is 6.47. The van der Waals surface area contributed by atoms with Crippen molar-refractivity contribution in [2.75, 3.05) is 39.9 Å². The van der Waals surface area contributed by atoms with Crippen LogP contribution in [0.2, 0.25) is 0 Å². The Labute approximate surface area is 137 Å². The third-order valence-electron chi connectivity index (χ3n) is 4.33. The van der Waals surface area contributed by atoms with Gasteiger partial charge >= 0.3 is 0 Å². The lowest BCUT2D eigenvalue weighted by Crippen LogP contribution is -2.34. The molecule has 0 spiro atoms. The van der Waals surface area contributed by atoms with Gasteiger partial charge < -0.3 is 19.9 Å². The number of ether oxygens (including phenoxy) is 1. The van der Waals surface area contributed by atoms with E-state index >= 15 is 0 Å². The third-order valence-corrected chi connectivity index (χ3v) is 4.33. The Bertz CT molecular complexity index is 583. The van der Waals surface area contributed by atoms with Crippen molar-refractivity contribution in [2.45, 2.75) is 26.2 Å². The van der Waals surface area contributed by atoms with Crippen molar-refractivity contribution in [2.24, 2.45) is 5.92 Å². The number of aromatic amines is 1. The molecule has 1 fully saturated rings. The van der Waals surface area contributed by atoms with Gasteiger partial charge in [0.1, 0.15) is 5.56 Å². The molecule has 6 heteroatoms. The number of nitrogens with one attached hydrogen (secondary N) is 2. The van der Waals surface area contributed by atoms with Gasteiger partial charge in [0.05, 0.1) is 6.61 Å². The van der Waals surface area contributed by atoms with Crippen molar-refractivity contribution >= 4 is 5.91 Å². The second-order valence-electron chi connectivity index (χ2n) is 6.47. The van der Waals surface area contributed by atoms with Crippen molar-refractivity contribution in [3.8, 4) is 0 Å². The molecule has 1 aromatic rings. The zero-order valence-corrected chi connectivity index (χ0v) is 14.2. The van der Waals surface area contributed by atoms with Gasteiger partial charge in [-0.25, -0.2) is 0 Å². The Morgan fingerprint density at radius 2 is 2.26 bits per heavy atom. The molecule has 1 aromatic heterocycles. The molecule has 1 atom stereocenters. The monoisotopic (exact) mass is 321 g/mol. The molecule has 6 nitrogen and oxygen atoms in total. The van der Waals surface area contributed by atoms with Crippen LogP contribution in [0.15, 0.2) is 16.9 Å². The summed E-state index contributed by atoms with van der Waals surface area (Å²) in [5.74, 6) is 0.373. The Morgan fingerprint density at radius 3 is 2.91 bits per heavy atom. The van der Waals surface area contributed by atoms with Crippen molar-refractivity contribution in [1.29, 1.82) is 0 Å². The molecule has 1 unspecified atom stereocenters. The summed E-state index contributed by atoms with van der Waals surface area (Å²) in [6, 6.07) is 3.42. The Hall–Kier alpha value is -1.66. The maximum Gasteiger partial charge on any atom is 0.261 e. The number of hydrogen-bond donors (Lipinski definition) is 2. The van der Waals surface area contributed by atoms with Crippen molar-refractivity contribution in [3.63, 3.8) is 0 Å². The van der Waals surface area contributed by atoms with Crippen LogP contribution < -0.4 is 10.9 Å². The third kappa shape index (κ3) is 4.91. The van der Waals surface area contributed by atoms with Gasteiger partial charge in [0.25, 0.3) is 11.5 Å². The summed E-state index contributed by atoms with van der Waals surface area (Å²) in [5, 5.41) is 2.89. The van der Waals surface area contributed by atoms with E-state index in [1.807, 2.05) is 19.9 Å². The van der Waals surface area contributed by atoms with Gasteiger partial charge in [-0.2, -0.15) is 0 Å². The molecule has 0 aromatic carbocycles. The van der Waals surface area contributed by atoms with Crippen LogP contribution in [0.4, 0.5) is 0 Å². The van der Waals surface area contributed by atoms with Gasteiger partial charge in [-0.15, -0.1) is 0 Å². The fraction of sp³-hybridized carbons (Fsp3) is 0.647. The van der Waals surface area contributed by atoms with Crippen LogP contribution in [0.25, 0.3) is 0 Å². The van der Waals surface area contributed by atoms with Gasteiger partial charge in [0.15, 0.2) is 0 Å². The molecular weight excluding hydrogens is 294 g/mol. The summed E-state index contributed by atoms with van der Waals surface area (Å²) >= 11 is 0. The van der Waals surface area contributed by atoms with Gasteiger partial charge in [0, 0.05) is 32.4 Å². The lowest BCUT2D eigenvalue weighted by atomic mass is 10.1. The molecule has 1 aliphatic heterocycles. The van der Waals surface area contributed by atoms with Crippen LogP contribution in [0.5, 0.6) is 0 Å². The highest BCUT2D eigenvalue weighted by Gasteiger charge is 2.23. The predicted molar refractivity (Wildman–Crippen MR) is 89.9 cm³/mol. The zero-order valence-electron chi connectivity index (χ0n) is 14.2. The molecule has 23 heavy (non-hydrogen) atoms. The minimum Gasteiger partial charge on any atom is -0.383 e. The van der Waals surface area contributed by atoms with Gasteiger partial charge in [-0.05, 0) is 36.9 Å². The predicted octanol–water partition coefficient (Wildman–Crippen LogP) is 1.20. The number of carbonyl (C=O) groups excluding carboxylic acids is 1. The topological polar surface area (TPSA) is 74.4 Å². The molecule has 0 radical (unpaired) electrons. The van der Waals surface area contributed by atoms with Crippen LogP contribution in [0, 0.1) is 5.92 Å². The van der Waals surface area contributed by atoms with E-state index in [0.29, 0.717) is 12.5 Å². The van der Waals surface area contributed by atoms with Crippen LogP contribution in [-0.4, -0.2) is 55.7 Å². The minimum absolute atomic E-state index is 0.184. The first kappa shape index (κ1) is 17.7. The van der Waals surface area contributed by atoms with E-state index in [0.717, 1.165) is 38.4 Å². The summed E-state index contributed by atoms with van der Waals surface area (Å²) in [6.45, 7) is 8.27. The SMILES string of the molecule is COCCN1CCC(CNC(=O)c2ccc(C(C)C)[nH]c2=O)C1. The van der Waals surface area contributed by atoms with E-state index in [-0.39, 0.29) is 22.9 Å². The highest BCUT2D eigenvalue weighted by Crippen LogP contribution is 2.15. The van der Waals surface area contributed by atoms with E-state index in [9.17, 15) is 9.59 Å². The smallest absolute Gasteiger partial charge is 0.261 e. The van der Waals surface area contributed by atoms with Crippen LogP contribution >= 0.6 is 0 Å². The summed E-state index contributed by atoms with van der Waals surface area (Å²) in [4.78, 5) is 29.3. The molecular formula is C17H27N3O3. The van der Waals surface area contributed by atoms with Gasteiger partial charge in [0.2, 0.25) is 0 Å². The van der Waals surface area contributed by atoms with Crippen LogP contribution in [0.1, 0.15) is 42.2 Å². The van der Waals surface area contributed by atoms with Crippen LogP contribution in [-0.2, 0) is 4.74 Å². The molecule has 1 aliphatic rings. The number of pyridine rings is 1. The number of hydrogen-bond acceptors (Lipinski definition) is 4. The number of H-pyrrole nitrogens is 1. The van der Waals surface area contributed by atoms with E-state index in [2.05, 4.69) is 15.2 Å². The standard InChI is InChI=1S/C17H27N3O3/c1-12(2)15-5-4-14(17(22)19-15)16(21)18-10-13-6-7-20(11-13)8-9-23-3/h4-5,12-13H,6-11H2,1-3H3,(H,18,21)(H,19,22). The summed E-state index contributed by atoms with van der Waals surface area (Å²) < 4.78 is 5.08. The first-order valence-corrected chi connectivity index (χ1v) is 8.24. The number of amides is 1. The van der Waals surface area contributed by atoms with Crippen molar-refractivity contribution in [3.05, 3.63) is 33.7 Å². The highest BCUT2D eigenvalue weighted by molar-refractivity contribution is 5.93. The first-order valence-electron chi connectivity index (χ1n) is 8.24. The van der Waals surface area contributed by atoms with Gasteiger partial charge in [-0.3, -0.25) is 9.59 Å². The lowest BCUT2D eigenvalue weighted by molar-refractivity contribution is 0.0945. The number of methoxy groups -OCH3 is 1. The fourth-order valence-corrected chi connectivity index (χ4v) is 2.84. The maximum absolute atomic E-state index is 12.2. The second kappa shape index (κ2) is 8.26. The molecule has 1 saturated heterocycles. The molecule has 2 heterocycles. The van der Waals surface area contributed by atoms with E-state index in [1.165, 1.54) is 0 Å².